The number of hydrogen-bond acceptors (Lipinski definition) is 8. The molecule has 2 aliphatic rings. The predicted molar refractivity (Wildman–Crippen MR) is 115 cm³/mol. The number of hydrogen-bond donors (Lipinski definition) is 0. The number of aromatic nitrogens is 1. The number of fused-ring (bicyclic) bond motifs is 4. The number of nitrogens with zero attached hydrogens (tertiary/aromatic N) is 1. The van der Waals surface area contributed by atoms with Crippen LogP contribution in [-0.2, 0) is 22.9 Å². The maximum Gasteiger partial charge on any atom is 0.262 e. The van der Waals surface area contributed by atoms with E-state index in [-0.39, 0.29) is 19.1 Å². The van der Waals surface area contributed by atoms with E-state index in [1.807, 2.05) is 18.2 Å². The van der Waals surface area contributed by atoms with Crippen molar-refractivity contribution in [3.63, 3.8) is 0 Å². The van der Waals surface area contributed by atoms with Crippen LogP contribution in [0.5, 0.6) is 28.7 Å². The first-order chi connectivity index (χ1) is 15.5. The van der Waals surface area contributed by atoms with E-state index in [2.05, 4.69) is 0 Å². The minimum atomic E-state index is -0.463. The van der Waals surface area contributed by atoms with Gasteiger partial charge in [-0.3, -0.25) is 4.79 Å². The van der Waals surface area contributed by atoms with Crippen molar-refractivity contribution in [2.75, 3.05) is 34.9 Å². The molecule has 3 heterocycles. The highest BCUT2D eigenvalue weighted by molar-refractivity contribution is 5.97. The maximum atomic E-state index is 13.5. The molecule has 9 heteroatoms. The first kappa shape index (κ1) is 20.5. The monoisotopic (exact) mass is 441 g/mol. The van der Waals surface area contributed by atoms with E-state index < -0.39 is 6.29 Å². The third-order valence-corrected chi connectivity index (χ3v) is 5.83. The first-order valence-corrected chi connectivity index (χ1v) is 10.0. The fraction of sp³-hybridized carbons (Fsp3) is 0.348. The van der Waals surface area contributed by atoms with Crippen molar-refractivity contribution in [1.82, 2.24) is 4.57 Å². The molecule has 2 aliphatic heterocycles. The molecule has 0 unspecified atom stereocenters. The molecule has 1 aromatic heterocycles. The van der Waals surface area contributed by atoms with Gasteiger partial charge >= 0.3 is 0 Å². The van der Waals surface area contributed by atoms with E-state index in [0.717, 1.165) is 11.1 Å². The van der Waals surface area contributed by atoms with Gasteiger partial charge in [0.25, 0.3) is 5.56 Å². The summed E-state index contributed by atoms with van der Waals surface area (Å²) in [7, 11) is 6.44. The molecule has 0 spiro atoms. The zero-order valence-electron chi connectivity index (χ0n) is 18.2. The summed E-state index contributed by atoms with van der Waals surface area (Å²) in [5.74, 6) is 2.70. The zero-order valence-corrected chi connectivity index (χ0v) is 18.2. The summed E-state index contributed by atoms with van der Waals surface area (Å²) < 4.78 is 40.2. The van der Waals surface area contributed by atoms with Gasteiger partial charge in [0.15, 0.2) is 29.3 Å². The molecular formula is C23H23NO8. The second kappa shape index (κ2) is 7.92. The number of methoxy groups -OCH3 is 3. The van der Waals surface area contributed by atoms with Gasteiger partial charge in [0.2, 0.25) is 13.6 Å². The van der Waals surface area contributed by atoms with Crippen molar-refractivity contribution in [2.45, 2.75) is 12.7 Å². The van der Waals surface area contributed by atoms with Crippen LogP contribution in [0.4, 0.5) is 0 Å². The Hall–Kier alpha value is -3.43. The van der Waals surface area contributed by atoms with E-state index in [4.69, 9.17) is 33.2 Å². The SMILES string of the molecule is COc1cc2c(c3c(=O)n(C)c(-c4cc5c(cc4CC(OC)OC)OCO5)cc13)OCO2. The van der Waals surface area contributed by atoms with Gasteiger partial charge < -0.3 is 37.7 Å². The molecule has 0 fully saturated rings. The standard InChI is InChI=1S/C23H23NO8/c1-24-15(7-14-16(26-2)9-19-22(32-11-31-19)21(14)23(24)25)13-8-18-17(29-10-30-18)5-12(13)6-20(27-3)28-4/h5,7-9,20H,6,10-11H2,1-4H3. The lowest BCUT2D eigenvalue weighted by Gasteiger charge is -2.19. The molecule has 168 valence electrons. The zero-order chi connectivity index (χ0) is 22.4. The van der Waals surface area contributed by atoms with Crippen molar-refractivity contribution in [1.29, 1.82) is 0 Å². The topological polar surface area (TPSA) is 86.6 Å². The second-order valence-electron chi connectivity index (χ2n) is 7.46. The molecule has 2 aromatic carbocycles. The van der Waals surface area contributed by atoms with E-state index in [1.54, 1.807) is 39.0 Å². The second-order valence-corrected chi connectivity index (χ2v) is 7.46. The van der Waals surface area contributed by atoms with Crippen molar-refractivity contribution < 1.29 is 33.2 Å². The van der Waals surface area contributed by atoms with Crippen molar-refractivity contribution in [3.8, 4) is 40.0 Å². The van der Waals surface area contributed by atoms with E-state index in [0.29, 0.717) is 51.6 Å². The fourth-order valence-electron chi connectivity index (χ4n) is 4.16. The third-order valence-electron chi connectivity index (χ3n) is 5.83. The molecular weight excluding hydrogens is 418 g/mol. The summed E-state index contributed by atoms with van der Waals surface area (Å²) in [6, 6.07) is 7.42. The Kier molecular flexibility index (Phi) is 5.07. The van der Waals surface area contributed by atoms with Gasteiger partial charge in [-0.1, -0.05) is 0 Å². The molecule has 0 aliphatic carbocycles. The van der Waals surface area contributed by atoms with Gasteiger partial charge in [0, 0.05) is 44.7 Å². The van der Waals surface area contributed by atoms with Gasteiger partial charge in [-0.15, -0.1) is 0 Å². The van der Waals surface area contributed by atoms with Crippen molar-refractivity contribution in [3.05, 3.63) is 40.2 Å². The van der Waals surface area contributed by atoms with Crippen LogP contribution in [0, 0.1) is 0 Å². The lowest BCUT2D eigenvalue weighted by molar-refractivity contribution is -0.100. The smallest absolute Gasteiger partial charge is 0.262 e. The Bertz CT molecular complexity index is 1260. The van der Waals surface area contributed by atoms with E-state index in [9.17, 15) is 4.79 Å². The van der Waals surface area contributed by atoms with Gasteiger partial charge in [-0.2, -0.15) is 0 Å². The van der Waals surface area contributed by atoms with Gasteiger partial charge in [0.1, 0.15) is 5.75 Å². The molecule has 3 aromatic rings. The van der Waals surface area contributed by atoms with E-state index in [1.165, 1.54) is 0 Å². The van der Waals surface area contributed by atoms with Crippen molar-refractivity contribution in [2.24, 2.45) is 7.05 Å². The molecule has 32 heavy (non-hydrogen) atoms. The van der Waals surface area contributed by atoms with Crippen LogP contribution >= 0.6 is 0 Å². The minimum Gasteiger partial charge on any atom is -0.496 e. The quantitative estimate of drug-likeness (QED) is 0.540. The van der Waals surface area contributed by atoms with Crippen LogP contribution in [-0.4, -0.2) is 45.8 Å². The summed E-state index contributed by atoms with van der Waals surface area (Å²) in [5, 5.41) is 1.05. The van der Waals surface area contributed by atoms with E-state index >= 15 is 0 Å². The molecule has 0 atom stereocenters. The molecule has 5 rings (SSSR count). The average molecular weight is 441 g/mol. The van der Waals surface area contributed by atoms with Crippen LogP contribution in [0.1, 0.15) is 5.56 Å². The largest absolute Gasteiger partial charge is 0.496 e. The highest BCUT2D eigenvalue weighted by Gasteiger charge is 2.26. The van der Waals surface area contributed by atoms with Gasteiger partial charge in [-0.05, 0) is 23.8 Å². The van der Waals surface area contributed by atoms with Crippen LogP contribution in [0.2, 0.25) is 0 Å². The summed E-state index contributed by atoms with van der Waals surface area (Å²) in [5.41, 5.74) is 2.14. The third kappa shape index (κ3) is 3.12. The number of ether oxygens (including phenoxy) is 7. The maximum absolute atomic E-state index is 13.5. The summed E-state index contributed by atoms with van der Waals surface area (Å²) in [6.07, 6.45) is -0.0151. The normalized spacial score (nSPS) is 13.9. The highest BCUT2D eigenvalue weighted by atomic mass is 16.7. The molecule has 0 bridgehead atoms. The Balaban J connectivity index is 1.77. The number of rotatable bonds is 6. The van der Waals surface area contributed by atoms with Crippen LogP contribution in [0.15, 0.2) is 29.1 Å². The molecule has 0 amide bonds. The Morgan fingerprint density at radius 2 is 1.62 bits per heavy atom. The molecule has 0 N–H and O–H groups in total. The van der Waals surface area contributed by atoms with Crippen LogP contribution in [0.3, 0.4) is 0 Å². The predicted octanol–water partition coefficient (Wildman–Crippen LogP) is 2.83. The Labute approximate surface area is 183 Å². The fourth-order valence-corrected chi connectivity index (χ4v) is 4.16. The number of benzene rings is 2. The first-order valence-electron chi connectivity index (χ1n) is 10.0. The molecule has 0 saturated carbocycles. The number of pyridine rings is 1. The summed E-state index contributed by atoms with van der Waals surface area (Å²) >= 11 is 0. The average Bonchev–Trinajstić information content (AvgIpc) is 3.46. The molecule has 9 nitrogen and oxygen atoms in total. The molecule has 0 radical (unpaired) electrons. The van der Waals surface area contributed by atoms with Crippen LogP contribution < -0.4 is 29.2 Å². The lowest BCUT2D eigenvalue weighted by atomic mass is 9.97. The van der Waals surface area contributed by atoms with Crippen LogP contribution in [0.25, 0.3) is 22.0 Å². The van der Waals surface area contributed by atoms with Gasteiger partial charge in [-0.25, -0.2) is 0 Å². The molecule has 0 saturated heterocycles. The summed E-state index contributed by atoms with van der Waals surface area (Å²) in [6.45, 7) is 0.203. The minimum absolute atomic E-state index is 0.0598. The van der Waals surface area contributed by atoms with Gasteiger partial charge in [0.05, 0.1) is 18.2 Å². The highest BCUT2D eigenvalue weighted by Crippen LogP contribution is 2.45. The Morgan fingerprint density at radius 1 is 0.938 bits per heavy atom. The lowest BCUT2D eigenvalue weighted by Crippen LogP contribution is -2.21. The van der Waals surface area contributed by atoms with Crippen molar-refractivity contribution >= 4 is 10.8 Å². The summed E-state index contributed by atoms with van der Waals surface area (Å²) in [4.78, 5) is 13.5. The Morgan fingerprint density at radius 3 is 2.34 bits per heavy atom.